The summed E-state index contributed by atoms with van der Waals surface area (Å²) in [5.41, 5.74) is 4.54. The van der Waals surface area contributed by atoms with Crippen LogP contribution in [0.25, 0.3) is 0 Å². The van der Waals surface area contributed by atoms with Gasteiger partial charge >= 0.3 is 18.1 Å². The molecule has 3 N–H and O–H groups in total. The predicted octanol–water partition coefficient (Wildman–Crippen LogP) is 4.92. The Kier molecular flexibility index (Phi) is 7.97. The van der Waals surface area contributed by atoms with E-state index >= 15 is 0 Å². The molecule has 1 heterocycles. The van der Waals surface area contributed by atoms with Gasteiger partial charge in [0, 0.05) is 50.7 Å². The van der Waals surface area contributed by atoms with Crippen molar-refractivity contribution < 1.29 is 24.2 Å². The van der Waals surface area contributed by atoms with Crippen molar-refractivity contribution in [3.05, 3.63) is 53.6 Å². The smallest absolute Gasteiger partial charge is 0.410 e. The normalized spacial score (nSPS) is 19.1. The van der Waals surface area contributed by atoms with E-state index < -0.39 is 5.97 Å². The van der Waals surface area contributed by atoms with Crippen LogP contribution in [-0.2, 0) is 22.5 Å². The lowest BCUT2D eigenvalue weighted by Crippen LogP contribution is -2.39. The maximum Gasteiger partial charge on any atom is 0.410 e. The third kappa shape index (κ3) is 6.68. The number of anilines is 3. The van der Waals surface area contributed by atoms with E-state index in [4.69, 9.17) is 9.84 Å². The van der Waals surface area contributed by atoms with Gasteiger partial charge < -0.3 is 30.3 Å². The summed E-state index contributed by atoms with van der Waals surface area (Å²) in [6.45, 7) is 1.01. The molecule has 4 rings (SSSR count). The van der Waals surface area contributed by atoms with Crippen molar-refractivity contribution in [2.75, 3.05) is 36.2 Å². The molecule has 3 amide bonds. The average molecular weight is 495 g/mol. The number of ether oxygens (including phenoxy) is 1. The van der Waals surface area contributed by atoms with Crippen LogP contribution in [0.15, 0.2) is 42.5 Å². The number of nitrogens with zero attached hydrogens (tertiary/aromatic N) is 2. The zero-order valence-corrected chi connectivity index (χ0v) is 20.8. The van der Waals surface area contributed by atoms with E-state index in [0.29, 0.717) is 43.7 Å². The van der Waals surface area contributed by atoms with Crippen LogP contribution in [0.3, 0.4) is 0 Å². The summed E-state index contributed by atoms with van der Waals surface area (Å²) in [5, 5.41) is 14.7. The highest BCUT2D eigenvalue weighted by Crippen LogP contribution is 2.30. The maximum atomic E-state index is 12.7. The van der Waals surface area contributed by atoms with E-state index in [9.17, 15) is 14.4 Å². The van der Waals surface area contributed by atoms with Crippen molar-refractivity contribution in [2.45, 2.75) is 51.2 Å². The molecule has 1 aliphatic heterocycles. The van der Waals surface area contributed by atoms with Crippen molar-refractivity contribution in [1.82, 2.24) is 4.90 Å². The van der Waals surface area contributed by atoms with Gasteiger partial charge in [-0.1, -0.05) is 12.1 Å². The minimum atomic E-state index is -0.767. The maximum absolute atomic E-state index is 12.7. The van der Waals surface area contributed by atoms with Crippen molar-refractivity contribution in [2.24, 2.45) is 5.92 Å². The molecule has 0 aromatic heterocycles. The van der Waals surface area contributed by atoms with Gasteiger partial charge in [0.2, 0.25) is 0 Å². The highest BCUT2D eigenvalue weighted by molar-refractivity contribution is 6.00. The Morgan fingerprint density at radius 2 is 1.72 bits per heavy atom. The van der Waals surface area contributed by atoms with Crippen molar-refractivity contribution >= 4 is 35.2 Å². The number of carbonyl (C=O) groups is 3. The molecule has 36 heavy (non-hydrogen) atoms. The Bertz CT molecular complexity index is 1110. The van der Waals surface area contributed by atoms with Crippen molar-refractivity contribution in [1.29, 1.82) is 0 Å². The molecule has 1 saturated carbocycles. The first-order valence-electron chi connectivity index (χ1n) is 12.4. The van der Waals surface area contributed by atoms with Crippen molar-refractivity contribution in [3.63, 3.8) is 0 Å². The average Bonchev–Trinajstić information content (AvgIpc) is 2.84. The Labute approximate surface area is 211 Å². The summed E-state index contributed by atoms with van der Waals surface area (Å²) in [7, 11) is 3.89. The van der Waals surface area contributed by atoms with Gasteiger partial charge in [-0.25, -0.2) is 9.59 Å². The molecule has 0 bridgehead atoms. The molecule has 2 aromatic carbocycles. The molecular weight excluding hydrogens is 460 g/mol. The van der Waals surface area contributed by atoms with Crippen LogP contribution < -0.4 is 15.5 Å². The van der Waals surface area contributed by atoms with Gasteiger partial charge in [-0.2, -0.15) is 0 Å². The second-order valence-electron chi connectivity index (χ2n) is 9.80. The molecule has 9 nitrogen and oxygen atoms in total. The number of rotatable bonds is 6. The van der Waals surface area contributed by atoms with Gasteiger partial charge in [0.1, 0.15) is 6.10 Å². The van der Waals surface area contributed by atoms with E-state index in [0.717, 1.165) is 29.7 Å². The number of fused-ring (bicyclic) bond motifs is 1. The fraction of sp³-hybridized carbons (Fsp3) is 0.444. The minimum absolute atomic E-state index is 0.146. The molecular formula is C27H34N4O5. The highest BCUT2D eigenvalue weighted by Gasteiger charge is 2.28. The van der Waals surface area contributed by atoms with E-state index in [2.05, 4.69) is 10.6 Å². The van der Waals surface area contributed by atoms with Crippen LogP contribution in [0, 0.1) is 5.92 Å². The lowest BCUT2D eigenvalue weighted by Gasteiger charge is -2.32. The lowest BCUT2D eigenvalue weighted by molar-refractivity contribution is -0.138. The quantitative estimate of drug-likeness (QED) is 0.525. The SMILES string of the molecule is CN(C)c1cccc(NC(=O)Nc2ccc3c(c2)CCN(C(=O)OC2CCC(CC(=O)O)CC2)C3)c1. The summed E-state index contributed by atoms with van der Waals surface area (Å²) in [6, 6.07) is 13.0. The van der Waals surface area contributed by atoms with Gasteiger partial charge in [-0.3, -0.25) is 4.79 Å². The molecule has 1 fully saturated rings. The van der Waals surface area contributed by atoms with Crippen LogP contribution in [0.5, 0.6) is 0 Å². The number of benzene rings is 2. The Morgan fingerprint density at radius 1 is 1.00 bits per heavy atom. The van der Waals surface area contributed by atoms with Gasteiger partial charge in [-0.05, 0) is 79.5 Å². The number of hydrogen-bond acceptors (Lipinski definition) is 5. The molecule has 0 unspecified atom stereocenters. The molecule has 2 aromatic rings. The fourth-order valence-electron chi connectivity index (χ4n) is 4.86. The lowest BCUT2D eigenvalue weighted by atomic mass is 9.85. The first-order chi connectivity index (χ1) is 17.3. The van der Waals surface area contributed by atoms with E-state index in [1.165, 1.54) is 0 Å². The number of nitrogens with one attached hydrogen (secondary N) is 2. The van der Waals surface area contributed by atoms with Gasteiger partial charge in [0.25, 0.3) is 0 Å². The molecule has 0 spiro atoms. The predicted molar refractivity (Wildman–Crippen MR) is 138 cm³/mol. The standard InChI is InChI=1S/C27H34N4O5/c1-30(2)23-5-3-4-21(16-23)28-26(34)29-22-9-8-20-17-31(13-12-19(20)15-22)27(35)36-24-10-6-18(7-11-24)14-25(32)33/h3-5,8-9,15-16,18,24H,6-7,10-14,17H2,1-2H3,(H,32,33)(H2,28,29,34). The first-order valence-corrected chi connectivity index (χ1v) is 12.4. The van der Waals surface area contributed by atoms with Gasteiger partial charge in [-0.15, -0.1) is 0 Å². The highest BCUT2D eigenvalue weighted by atomic mass is 16.6. The zero-order valence-electron chi connectivity index (χ0n) is 20.8. The summed E-state index contributed by atoms with van der Waals surface area (Å²) < 4.78 is 5.73. The Morgan fingerprint density at radius 3 is 2.42 bits per heavy atom. The molecule has 0 saturated heterocycles. The molecule has 1 aliphatic carbocycles. The van der Waals surface area contributed by atoms with Crippen molar-refractivity contribution in [3.8, 4) is 0 Å². The number of carboxylic acid groups (broad SMARTS) is 1. The third-order valence-electron chi connectivity index (χ3n) is 6.88. The van der Waals surface area contributed by atoms with Crippen LogP contribution >= 0.6 is 0 Å². The fourth-order valence-corrected chi connectivity index (χ4v) is 4.86. The van der Waals surface area contributed by atoms with Crippen LogP contribution in [0.1, 0.15) is 43.2 Å². The third-order valence-corrected chi connectivity index (χ3v) is 6.88. The number of hydrogen-bond donors (Lipinski definition) is 3. The summed E-state index contributed by atoms with van der Waals surface area (Å²) in [4.78, 5) is 39.8. The topological polar surface area (TPSA) is 111 Å². The number of urea groups is 1. The number of aliphatic carboxylic acids is 1. The summed E-state index contributed by atoms with van der Waals surface area (Å²) >= 11 is 0. The van der Waals surface area contributed by atoms with Crippen LogP contribution in [-0.4, -0.2) is 54.8 Å². The number of amides is 3. The van der Waals surface area contributed by atoms with E-state index in [-0.39, 0.29) is 30.6 Å². The molecule has 192 valence electrons. The van der Waals surface area contributed by atoms with Crippen LogP contribution in [0.2, 0.25) is 0 Å². The number of carboxylic acids is 1. The molecule has 2 aliphatic rings. The Hall–Kier alpha value is -3.75. The molecule has 0 atom stereocenters. The molecule has 9 heteroatoms. The van der Waals surface area contributed by atoms with E-state index in [1.54, 1.807) is 4.90 Å². The second-order valence-corrected chi connectivity index (χ2v) is 9.80. The first kappa shape index (κ1) is 25.3. The molecule has 0 radical (unpaired) electrons. The van der Waals surface area contributed by atoms with Gasteiger partial charge in [0.15, 0.2) is 0 Å². The van der Waals surface area contributed by atoms with Gasteiger partial charge in [0.05, 0.1) is 0 Å². The monoisotopic (exact) mass is 494 g/mol. The number of carbonyl (C=O) groups excluding carboxylic acids is 2. The minimum Gasteiger partial charge on any atom is -0.481 e. The zero-order chi connectivity index (χ0) is 25.7. The summed E-state index contributed by atoms with van der Waals surface area (Å²) in [6.07, 6.45) is 3.38. The Balaban J connectivity index is 1.27. The second kappa shape index (κ2) is 11.3. The van der Waals surface area contributed by atoms with E-state index in [1.807, 2.05) is 61.5 Å². The summed E-state index contributed by atoms with van der Waals surface area (Å²) in [5.74, 6) is -0.594. The van der Waals surface area contributed by atoms with Crippen LogP contribution in [0.4, 0.5) is 26.7 Å². The largest absolute Gasteiger partial charge is 0.481 e.